The minimum Gasteiger partial charge on any atom is -0.436 e. The number of carbonyl (C=O) groups excluding carboxylic acids is 2. The van der Waals surface area contributed by atoms with E-state index in [0.29, 0.717) is 40.6 Å². The molecule has 2 fully saturated rings. The fraction of sp³-hybridized carbons (Fsp3) is 0.276. The second-order valence-electron chi connectivity index (χ2n) is 9.90. The molecule has 10 heteroatoms. The van der Waals surface area contributed by atoms with Gasteiger partial charge in [-0.25, -0.2) is 18.3 Å². The Hall–Kier alpha value is -3.53. The van der Waals surface area contributed by atoms with Crippen LogP contribution >= 0.6 is 11.6 Å². The Labute approximate surface area is 231 Å². The Morgan fingerprint density at radius 1 is 0.897 bits per heavy atom. The van der Waals surface area contributed by atoms with E-state index >= 15 is 0 Å². The third-order valence-corrected chi connectivity index (χ3v) is 9.65. The van der Waals surface area contributed by atoms with Crippen LogP contribution in [0.15, 0.2) is 82.1 Å². The summed E-state index contributed by atoms with van der Waals surface area (Å²) in [4.78, 5) is 32.6. The quantitative estimate of drug-likeness (QED) is 0.275. The van der Waals surface area contributed by atoms with Crippen LogP contribution in [0.5, 0.6) is 0 Å². The number of imide groups is 1. The molecule has 2 heterocycles. The highest BCUT2D eigenvalue weighted by molar-refractivity contribution is 7.89. The van der Waals surface area contributed by atoms with Crippen molar-refractivity contribution >= 4 is 50.2 Å². The van der Waals surface area contributed by atoms with Gasteiger partial charge in [-0.1, -0.05) is 43.0 Å². The summed E-state index contributed by atoms with van der Waals surface area (Å²) < 4.78 is 34.9. The number of para-hydroxylation sites is 2. The maximum absolute atomic E-state index is 13.9. The van der Waals surface area contributed by atoms with Crippen molar-refractivity contribution < 1.29 is 22.4 Å². The van der Waals surface area contributed by atoms with Crippen molar-refractivity contribution in [2.24, 2.45) is 0 Å². The van der Waals surface area contributed by atoms with Gasteiger partial charge in [-0.2, -0.15) is 4.31 Å². The lowest BCUT2D eigenvalue weighted by molar-refractivity contribution is -0.122. The molecule has 3 aromatic carbocycles. The van der Waals surface area contributed by atoms with Crippen LogP contribution in [-0.2, 0) is 19.6 Å². The molecule has 8 nitrogen and oxygen atoms in total. The Balaban J connectivity index is 1.31. The average Bonchev–Trinajstić information content (AvgIpc) is 3.50. The molecule has 0 radical (unpaired) electrons. The molecule has 2 amide bonds. The van der Waals surface area contributed by atoms with Crippen LogP contribution in [0.4, 0.5) is 5.69 Å². The van der Waals surface area contributed by atoms with E-state index in [1.165, 1.54) is 28.6 Å². The summed E-state index contributed by atoms with van der Waals surface area (Å²) in [6.07, 6.45) is 3.82. The first kappa shape index (κ1) is 25.7. The summed E-state index contributed by atoms with van der Waals surface area (Å²) in [5.74, 6) is -0.554. The topological polar surface area (TPSA) is 101 Å². The van der Waals surface area contributed by atoms with Gasteiger partial charge in [-0.15, -0.1) is 0 Å². The molecule has 2 aliphatic rings. The fourth-order valence-corrected chi connectivity index (χ4v) is 7.47. The van der Waals surface area contributed by atoms with E-state index in [1.807, 2.05) is 24.3 Å². The number of nitrogens with zero attached hydrogens (tertiary/aromatic N) is 3. The lowest BCUT2D eigenvalue weighted by atomic mass is 9.94. The number of oxazole rings is 1. The minimum atomic E-state index is -4.06. The molecule has 0 spiro atoms. The summed E-state index contributed by atoms with van der Waals surface area (Å²) in [7, 11) is -4.06. The molecule has 39 heavy (non-hydrogen) atoms. The number of anilines is 1. The van der Waals surface area contributed by atoms with E-state index in [0.717, 1.165) is 29.7 Å². The zero-order valence-corrected chi connectivity index (χ0v) is 22.6. The molecule has 0 bridgehead atoms. The van der Waals surface area contributed by atoms with E-state index in [2.05, 4.69) is 4.98 Å². The second-order valence-corrected chi connectivity index (χ2v) is 12.2. The first-order chi connectivity index (χ1) is 18.8. The Bertz CT molecular complexity index is 1610. The Morgan fingerprint density at radius 2 is 1.59 bits per heavy atom. The highest BCUT2D eigenvalue weighted by Crippen LogP contribution is 2.36. The minimum absolute atomic E-state index is 0.0545. The van der Waals surface area contributed by atoms with Crippen LogP contribution in [0, 0.1) is 0 Å². The van der Waals surface area contributed by atoms with Gasteiger partial charge < -0.3 is 4.42 Å². The lowest BCUT2D eigenvalue weighted by Crippen LogP contribution is -2.51. The van der Waals surface area contributed by atoms with Crippen LogP contribution < -0.4 is 4.90 Å². The number of rotatable bonds is 6. The molecule has 200 valence electrons. The summed E-state index contributed by atoms with van der Waals surface area (Å²) in [6.45, 7) is 0. The predicted molar refractivity (Wildman–Crippen MR) is 148 cm³/mol. The molecular weight excluding hydrogens is 538 g/mol. The Kier molecular flexibility index (Phi) is 6.74. The van der Waals surface area contributed by atoms with Crippen molar-refractivity contribution in [3.8, 4) is 11.5 Å². The molecule has 1 atom stereocenters. The van der Waals surface area contributed by atoms with Gasteiger partial charge in [0.2, 0.25) is 21.8 Å². The summed E-state index contributed by atoms with van der Waals surface area (Å²) >= 11 is 5.99. The van der Waals surface area contributed by atoms with Gasteiger partial charge in [-0.05, 0) is 73.5 Å². The van der Waals surface area contributed by atoms with E-state index in [9.17, 15) is 18.0 Å². The van der Waals surface area contributed by atoms with Crippen LogP contribution in [0.25, 0.3) is 22.6 Å². The number of amides is 2. The summed E-state index contributed by atoms with van der Waals surface area (Å²) in [5, 5.41) is 0.415. The van der Waals surface area contributed by atoms with E-state index in [4.69, 9.17) is 16.0 Å². The second kappa shape index (κ2) is 10.2. The van der Waals surface area contributed by atoms with Crippen molar-refractivity contribution in [3.63, 3.8) is 0 Å². The summed E-state index contributed by atoms with van der Waals surface area (Å²) in [5.41, 5.74) is 2.46. The van der Waals surface area contributed by atoms with E-state index in [-0.39, 0.29) is 17.4 Å². The van der Waals surface area contributed by atoms with Gasteiger partial charge in [0.25, 0.3) is 5.91 Å². The largest absolute Gasteiger partial charge is 0.436 e. The number of aromatic nitrogens is 1. The molecule has 1 unspecified atom stereocenters. The SMILES string of the molecule is O=C1CC(N(C2CCCCC2)S(=O)(=O)c2ccc(Cl)cc2)C(=O)N1c1ccc(-c2nc3ccccc3o2)cc1. The maximum atomic E-state index is 13.9. The third-order valence-electron chi connectivity index (χ3n) is 7.42. The number of hydrogen-bond donors (Lipinski definition) is 0. The van der Waals surface area contributed by atoms with Crippen molar-refractivity contribution in [1.29, 1.82) is 0 Å². The van der Waals surface area contributed by atoms with Crippen LogP contribution in [0.2, 0.25) is 5.02 Å². The number of sulfonamides is 1. The third kappa shape index (κ3) is 4.75. The number of benzene rings is 3. The highest BCUT2D eigenvalue weighted by atomic mass is 35.5. The predicted octanol–water partition coefficient (Wildman–Crippen LogP) is 5.80. The van der Waals surface area contributed by atoms with Crippen LogP contribution in [0.3, 0.4) is 0 Å². The number of halogens is 1. The summed E-state index contributed by atoms with van der Waals surface area (Å²) in [6, 6.07) is 18.6. The average molecular weight is 564 g/mol. The highest BCUT2D eigenvalue weighted by Gasteiger charge is 2.49. The zero-order chi connectivity index (χ0) is 27.1. The van der Waals surface area contributed by atoms with E-state index < -0.39 is 27.9 Å². The van der Waals surface area contributed by atoms with Crippen LogP contribution in [0.1, 0.15) is 38.5 Å². The molecule has 4 aromatic rings. The molecule has 1 aromatic heterocycles. The standard InChI is InChI=1S/C29H26ClN3O5S/c30-20-12-16-23(17-13-20)39(36,37)33(22-6-2-1-3-7-22)25-18-27(34)32(29(25)35)21-14-10-19(11-15-21)28-31-24-8-4-5-9-26(24)38-28/h4-5,8-17,22,25H,1-3,6-7,18H2. The zero-order valence-electron chi connectivity index (χ0n) is 21.0. The molecular formula is C29H26ClN3O5S. The van der Waals surface area contributed by atoms with Crippen molar-refractivity contribution in [2.75, 3.05) is 4.90 Å². The lowest BCUT2D eigenvalue weighted by Gasteiger charge is -2.36. The molecule has 1 saturated carbocycles. The molecule has 6 rings (SSSR count). The van der Waals surface area contributed by atoms with Crippen molar-refractivity contribution in [3.05, 3.63) is 77.8 Å². The monoisotopic (exact) mass is 563 g/mol. The molecule has 0 N–H and O–H groups in total. The number of fused-ring (bicyclic) bond motifs is 1. The van der Waals surface area contributed by atoms with Gasteiger partial charge in [0.05, 0.1) is 17.0 Å². The van der Waals surface area contributed by atoms with E-state index in [1.54, 1.807) is 24.3 Å². The van der Waals surface area contributed by atoms with Gasteiger partial charge >= 0.3 is 0 Å². The van der Waals surface area contributed by atoms with Gasteiger partial charge in [-0.3, -0.25) is 9.59 Å². The van der Waals surface area contributed by atoms with Gasteiger partial charge in [0.1, 0.15) is 11.6 Å². The molecule has 1 aliphatic carbocycles. The number of hydrogen-bond acceptors (Lipinski definition) is 6. The Morgan fingerprint density at radius 3 is 2.28 bits per heavy atom. The fourth-order valence-electron chi connectivity index (χ4n) is 5.52. The first-order valence-electron chi connectivity index (χ1n) is 12.9. The van der Waals surface area contributed by atoms with Crippen molar-refractivity contribution in [2.45, 2.75) is 55.5 Å². The normalized spacial score (nSPS) is 18.9. The molecule has 1 aliphatic heterocycles. The first-order valence-corrected chi connectivity index (χ1v) is 14.8. The van der Waals surface area contributed by atoms with Crippen molar-refractivity contribution in [1.82, 2.24) is 9.29 Å². The van der Waals surface area contributed by atoms with Gasteiger partial charge in [0.15, 0.2) is 5.58 Å². The molecule has 1 saturated heterocycles. The van der Waals surface area contributed by atoms with Crippen LogP contribution in [-0.4, -0.2) is 41.6 Å². The maximum Gasteiger partial charge on any atom is 0.252 e. The smallest absolute Gasteiger partial charge is 0.252 e. The number of carbonyl (C=O) groups is 2. The van der Waals surface area contributed by atoms with Gasteiger partial charge in [0, 0.05) is 16.6 Å².